The van der Waals surface area contributed by atoms with Crippen LogP contribution in [0.2, 0.25) is 10.0 Å². The number of halogens is 2. The lowest BCUT2D eigenvalue weighted by Gasteiger charge is -2.08. The van der Waals surface area contributed by atoms with Gasteiger partial charge in [0.2, 0.25) is 11.8 Å². The average Bonchev–Trinajstić information content (AvgIpc) is 3.37. The Bertz CT molecular complexity index is 768. The molecule has 1 aliphatic carbocycles. The molecule has 0 bridgehead atoms. The van der Waals surface area contributed by atoms with Crippen LogP contribution in [0.4, 0.5) is 5.69 Å². The van der Waals surface area contributed by atoms with Crippen LogP contribution in [0.15, 0.2) is 42.7 Å². The standard InChI is InChI=1S/C17H15Cl2N3O2/c18-11-3-4-15(14(19)6-11)22-17(24)13-7-12(13)16(23)21-9-10-2-1-5-20-8-10/h1-6,8,12-13H,7,9H2,(H,21,23)(H,22,24). The number of carbonyl (C=O) groups excluding carboxylic acids is 2. The van der Waals surface area contributed by atoms with Crippen LogP contribution in [0.5, 0.6) is 0 Å². The summed E-state index contributed by atoms with van der Waals surface area (Å²) in [7, 11) is 0. The zero-order valence-corrected chi connectivity index (χ0v) is 14.1. The number of amides is 2. The minimum Gasteiger partial charge on any atom is -0.352 e. The van der Waals surface area contributed by atoms with Gasteiger partial charge in [-0.2, -0.15) is 0 Å². The van der Waals surface area contributed by atoms with Crippen LogP contribution in [0.25, 0.3) is 0 Å². The predicted molar refractivity (Wildman–Crippen MR) is 92.8 cm³/mol. The summed E-state index contributed by atoms with van der Waals surface area (Å²) in [5.41, 5.74) is 1.41. The van der Waals surface area contributed by atoms with Gasteiger partial charge in [-0.25, -0.2) is 0 Å². The van der Waals surface area contributed by atoms with E-state index in [1.807, 2.05) is 12.1 Å². The Labute approximate surface area is 149 Å². The van der Waals surface area contributed by atoms with Crippen LogP contribution < -0.4 is 10.6 Å². The van der Waals surface area contributed by atoms with Gasteiger partial charge in [-0.15, -0.1) is 0 Å². The summed E-state index contributed by atoms with van der Waals surface area (Å²) >= 11 is 11.9. The minimum absolute atomic E-state index is 0.124. The monoisotopic (exact) mass is 363 g/mol. The zero-order valence-electron chi connectivity index (χ0n) is 12.6. The normalized spacial score (nSPS) is 18.8. The van der Waals surface area contributed by atoms with Gasteiger partial charge >= 0.3 is 0 Å². The van der Waals surface area contributed by atoms with E-state index in [9.17, 15) is 9.59 Å². The molecule has 124 valence electrons. The van der Waals surface area contributed by atoms with E-state index in [1.165, 1.54) is 0 Å². The summed E-state index contributed by atoms with van der Waals surface area (Å²) in [5, 5.41) is 6.43. The molecule has 1 aliphatic rings. The van der Waals surface area contributed by atoms with E-state index < -0.39 is 0 Å². The van der Waals surface area contributed by atoms with Crippen molar-refractivity contribution in [3.8, 4) is 0 Å². The lowest BCUT2D eigenvalue weighted by molar-refractivity contribution is -0.125. The number of nitrogens with zero attached hydrogens (tertiary/aromatic N) is 1. The first-order valence-corrected chi connectivity index (χ1v) is 8.22. The van der Waals surface area contributed by atoms with Crippen LogP contribution in [0, 0.1) is 11.8 Å². The number of hydrogen-bond donors (Lipinski definition) is 2. The lowest BCUT2D eigenvalue weighted by atomic mass is 10.2. The summed E-state index contributed by atoms with van der Waals surface area (Å²) in [6.45, 7) is 0.403. The second-order valence-electron chi connectivity index (χ2n) is 5.64. The predicted octanol–water partition coefficient (Wildman–Crippen LogP) is 3.28. The molecule has 1 aromatic carbocycles. The molecule has 1 aromatic heterocycles. The van der Waals surface area contributed by atoms with E-state index >= 15 is 0 Å². The lowest BCUT2D eigenvalue weighted by Crippen LogP contribution is -2.27. The molecular weight excluding hydrogens is 349 g/mol. The van der Waals surface area contributed by atoms with Gasteiger partial charge in [0, 0.05) is 24.0 Å². The Morgan fingerprint density at radius 2 is 1.96 bits per heavy atom. The molecule has 0 spiro atoms. The SMILES string of the molecule is O=C(NCc1cccnc1)C1CC1C(=O)Nc1ccc(Cl)cc1Cl. The first-order chi connectivity index (χ1) is 11.5. The number of pyridine rings is 1. The molecule has 5 nitrogen and oxygen atoms in total. The van der Waals surface area contributed by atoms with Gasteiger partial charge in [0.05, 0.1) is 22.5 Å². The maximum atomic E-state index is 12.2. The summed E-state index contributed by atoms with van der Waals surface area (Å²) in [4.78, 5) is 28.3. The largest absolute Gasteiger partial charge is 0.352 e. The molecule has 24 heavy (non-hydrogen) atoms. The first-order valence-electron chi connectivity index (χ1n) is 7.47. The summed E-state index contributed by atoms with van der Waals surface area (Å²) < 4.78 is 0. The van der Waals surface area contributed by atoms with Crippen molar-refractivity contribution < 1.29 is 9.59 Å². The van der Waals surface area contributed by atoms with E-state index in [4.69, 9.17) is 23.2 Å². The highest BCUT2D eigenvalue weighted by atomic mass is 35.5. The van der Waals surface area contributed by atoms with Crippen molar-refractivity contribution in [3.05, 3.63) is 58.3 Å². The maximum absolute atomic E-state index is 12.2. The quantitative estimate of drug-likeness (QED) is 0.855. The molecule has 7 heteroatoms. The number of anilines is 1. The highest BCUT2D eigenvalue weighted by Gasteiger charge is 2.48. The average molecular weight is 364 g/mol. The summed E-state index contributed by atoms with van der Waals surface area (Å²) in [6.07, 6.45) is 3.91. The summed E-state index contributed by atoms with van der Waals surface area (Å²) in [5.74, 6) is -0.958. The molecule has 2 amide bonds. The Kier molecular flexibility index (Phi) is 5.02. The van der Waals surface area contributed by atoms with Crippen molar-refractivity contribution in [1.29, 1.82) is 0 Å². The molecule has 1 heterocycles. The van der Waals surface area contributed by atoms with Crippen molar-refractivity contribution in [2.24, 2.45) is 11.8 Å². The molecular formula is C17H15Cl2N3O2. The fourth-order valence-electron chi connectivity index (χ4n) is 2.41. The number of hydrogen-bond acceptors (Lipinski definition) is 3. The van der Waals surface area contributed by atoms with E-state index in [0.717, 1.165) is 5.56 Å². The fraction of sp³-hybridized carbons (Fsp3) is 0.235. The molecule has 2 atom stereocenters. The molecule has 0 radical (unpaired) electrons. The molecule has 1 fully saturated rings. The first kappa shape index (κ1) is 16.7. The molecule has 0 saturated heterocycles. The van der Waals surface area contributed by atoms with Gasteiger partial charge in [0.25, 0.3) is 0 Å². The van der Waals surface area contributed by atoms with Crippen molar-refractivity contribution in [2.45, 2.75) is 13.0 Å². The smallest absolute Gasteiger partial charge is 0.228 e. The van der Waals surface area contributed by atoms with Gasteiger partial charge < -0.3 is 10.6 Å². The zero-order chi connectivity index (χ0) is 17.1. The Morgan fingerprint density at radius 1 is 1.17 bits per heavy atom. The van der Waals surface area contributed by atoms with Crippen LogP contribution in [-0.2, 0) is 16.1 Å². The van der Waals surface area contributed by atoms with Crippen LogP contribution in [-0.4, -0.2) is 16.8 Å². The van der Waals surface area contributed by atoms with Crippen molar-refractivity contribution in [2.75, 3.05) is 5.32 Å². The maximum Gasteiger partial charge on any atom is 0.228 e. The van der Waals surface area contributed by atoms with Gasteiger partial charge in [-0.3, -0.25) is 14.6 Å². The minimum atomic E-state index is -0.328. The van der Waals surface area contributed by atoms with Gasteiger partial charge in [0.1, 0.15) is 0 Å². The molecule has 0 aliphatic heterocycles. The van der Waals surface area contributed by atoms with Crippen LogP contribution in [0.1, 0.15) is 12.0 Å². The third-order valence-electron chi connectivity index (χ3n) is 3.84. The Balaban J connectivity index is 1.51. The molecule has 2 N–H and O–H groups in total. The second kappa shape index (κ2) is 7.20. The third kappa shape index (κ3) is 4.04. The molecule has 1 saturated carbocycles. The number of nitrogens with one attached hydrogen (secondary N) is 2. The van der Waals surface area contributed by atoms with Crippen LogP contribution in [0.3, 0.4) is 0 Å². The Hall–Kier alpha value is -2.11. The van der Waals surface area contributed by atoms with E-state index in [2.05, 4.69) is 15.6 Å². The fourth-order valence-corrected chi connectivity index (χ4v) is 2.87. The number of rotatable bonds is 5. The topological polar surface area (TPSA) is 71.1 Å². The number of benzene rings is 1. The Morgan fingerprint density at radius 3 is 2.67 bits per heavy atom. The molecule has 2 unspecified atom stereocenters. The highest BCUT2D eigenvalue weighted by molar-refractivity contribution is 6.36. The van der Waals surface area contributed by atoms with E-state index in [1.54, 1.807) is 30.6 Å². The second-order valence-corrected chi connectivity index (χ2v) is 6.48. The molecule has 2 aromatic rings. The summed E-state index contributed by atoms with van der Waals surface area (Å²) in [6, 6.07) is 8.54. The van der Waals surface area contributed by atoms with E-state index in [-0.39, 0.29) is 23.7 Å². The number of aromatic nitrogens is 1. The van der Waals surface area contributed by atoms with E-state index in [0.29, 0.717) is 28.7 Å². The van der Waals surface area contributed by atoms with Gasteiger partial charge in [0.15, 0.2) is 0 Å². The van der Waals surface area contributed by atoms with Crippen molar-refractivity contribution in [3.63, 3.8) is 0 Å². The van der Waals surface area contributed by atoms with Gasteiger partial charge in [-0.05, 0) is 36.2 Å². The third-order valence-corrected chi connectivity index (χ3v) is 4.39. The number of carbonyl (C=O) groups is 2. The van der Waals surface area contributed by atoms with Gasteiger partial charge in [-0.1, -0.05) is 29.3 Å². The van der Waals surface area contributed by atoms with Crippen LogP contribution >= 0.6 is 23.2 Å². The van der Waals surface area contributed by atoms with Crippen molar-refractivity contribution in [1.82, 2.24) is 10.3 Å². The van der Waals surface area contributed by atoms with Crippen molar-refractivity contribution >= 4 is 40.7 Å². The highest BCUT2D eigenvalue weighted by Crippen LogP contribution is 2.40. The molecule has 3 rings (SSSR count).